The van der Waals surface area contributed by atoms with E-state index in [9.17, 15) is 0 Å². The van der Waals surface area contributed by atoms with Crippen molar-refractivity contribution in [3.8, 4) is 0 Å². The Morgan fingerprint density at radius 3 is 3.00 bits per heavy atom. The van der Waals surface area contributed by atoms with Gasteiger partial charge >= 0.3 is 0 Å². The van der Waals surface area contributed by atoms with Crippen LogP contribution in [0, 0.1) is 5.92 Å². The first kappa shape index (κ1) is 18.9. The summed E-state index contributed by atoms with van der Waals surface area (Å²) in [5.41, 5.74) is 5.65. The average molecular weight is 387 g/mol. The molecule has 1 saturated heterocycles. The van der Waals surface area contributed by atoms with Gasteiger partial charge < -0.3 is 25.3 Å². The Morgan fingerprint density at radius 2 is 2.32 bits per heavy atom. The van der Waals surface area contributed by atoms with Gasteiger partial charge in [-0.05, 0) is 12.8 Å². The van der Waals surface area contributed by atoms with Crippen molar-refractivity contribution >= 4 is 29.9 Å². The van der Waals surface area contributed by atoms with Crippen molar-refractivity contribution in [1.29, 1.82) is 0 Å². The minimum Gasteiger partial charge on any atom is -0.383 e. The van der Waals surface area contributed by atoms with Crippen LogP contribution in [-0.2, 0) is 14.2 Å². The molecule has 19 heavy (non-hydrogen) atoms. The van der Waals surface area contributed by atoms with Gasteiger partial charge in [0.15, 0.2) is 5.96 Å². The van der Waals surface area contributed by atoms with Gasteiger partial charge in [0.2, 0.25) is 0 Å². The van der Waals surface area contributed by atoms with E-state index < -0.39 is 0 Å². The van der Waals surface area contributed by atoms with Gasteiger partial charge in [-0.1, -0.05) is 0 Å². The number of aliphatic imine (C=N–C) groups is 1. The normalized spacial score (nSPS) is 19.2. The van der Waals surface area contributed by atoms with Crippen molar-refractivity contribution < 1.29 is 14.2 Å². The summed E-state index contributed by atoms with van der Waals surface area (Å²) in [5.74, 6) is 1.05. The number of ether oxygens (including phenoxy) is 3. The molecular weight excluding hydrogens is 361 g/mol. The van der Waals surface area contributed by atoms with E-state index in [1.807, 2.05) is 0 Å². The van der Waals surface area contributed by atoms with Gasteiger partial charge in [0, 0.05) is 39.3 Å². The van der Waals surface area contributed by atoms with Gasteiger partial charge in [-0.3, -0.25) is 4.99 Å². The third-order valence-corrected chi connectivity index (χ3v) is 2.72. The zero-order valence-corrected chi connectivity index (χ0v) is 13.9. The molecule has 3 N–H and O–H groups in total. The summed E-state index contributed by atoms with van der Waals surface area (Å²) in [6.45, 7) is 5.24. The first-order valence-corrected chi connectivity index (χ1v) is 6.51. The molecule has 1 unspecified atom stereocenters. The van der Waals surface area contributed by atoms with Gasteiger partial charge in [0.25, 0.3) is 0 Å². The van der Waals surface area contributed by atoms with Gasteiger partial charge in [-0.15, -0.1) is 24.0 Å². The van der Waals surface area contributed by atoms with Crippen molar-refractivity contribution in [2.24, 2.45) is 16.6 Å². The zero-order chi connectivity index (χ0) is 13.1. The number of nitrogens with one attached hydrogen (secondary N) is 1. The number of nitrogens with zero attached hydrogens (tertiary/aromatic N) is 1. The third kappa shape index (κ3) is 10.3. The highest BCUT2D eigenvalue weighted by atomic mass is 127. The van der Waals surface area contributed by atoms with Crippen LogP contribution in [0.15, 0.2) is 4.99 Å². The van der Waals surface area contributed by atoms with Crippen LogP contribution in [0.25, 0.3) is 0 Å². The highest BCUT2D eigenvalue weighted by Crippen LogP contribution is 2.12. The van der Waals surface area contributed by atoms with Crippen molar-refractivity contribution in [3.05, 3.63) is 0 Å². The molecule has 1 fully saturated rings. The number of rotatable bonds is 9. The average Bonchev–Trinajstić information content (AvgIpc) is 2.87. The SMILES string of the molecule is COCCNC(N)=NCCCOCC1CCOC1.I. The molecule has 1 atom stereocenters. The maximum atomic E-state index is 5.65. The molecule has 0 spiro atoms. The molecule has 0 aliphatic carbocycles. The number of hydrogen-bond donors (Lipinski definition) is 2. The summed E-state index contributed by atoms with van der Waals surface area (Å²) in [5, 5.41) is 2.96. The summed E-state index contributed by atoms with van der Waals surface area (Å²) >= 11 is 0. The monoisotopic (exact) mass is 387 g/mol. The number of guanidine groups is 1. The molecule has 1 aliphatic heterocycles. The van der Waals surface area contributed by atoms with Crippen LogP contribution in [0.1, 0.15) is 12.8 Å². The van der Waals surface area contributed by atoms with E-state index in [0.29, 0.717) is 31.6 Å². The van der Waals surface area contributed by atoms with Crippen molar-refractivity contribution in [2.45, 2.75) is 12.8 Å². The fraction of sp³-hybridized carbons (Fsp3) is 0.917. The van der Waals surface area contributed by atoms with Crippen LogP contribution in [0.5, 0.6) is 0 Å². The van der Waals surface area contributed by atoms with E-state index in [0.717, 1.165) is 39.3 Å². The molecule has 114 valence electrons. The number of hydrogen-bond acceptors (Lipinski definition) is 4. The second-order valence-electron chi connectivity index (χ2n) is 4.34. The second-order valence-corrected chi connectivity index (χ2v) is 4.34. The predicted molar refractivity (Wildman–Crippen MR) is 86.1 cm³/mol. The largest absolute Gasteiger partial charge is 0.383 e. The Morgan fingerprint density at radius 1 is 1.47 bits per heavy atom. The summed E-state index contributed by atoms with van der Waals surface area (Å²) in [4.78, 5) is 4.19. The van der Waals surface area contributed by atoms with E-state index in [1.54, 1.807) is 7.11 Å². The Bertz CT molecular complexity index is 236. The standard InChI is InChI=1S/C12H25N3O3.HI/c1-16-8-5-15-12(13)14-4-2-6-17-9-11-3-7-18-10-11;/h11H,2-10H2,1H3,(H3,13,14,15);1H. The van der Waals surface area contributed by atoms with Crippen LogP contribution >= 0.6 is 24.0 Å². The topological polar surface area (TPSA) is 78.1 Å². The molecule has 0 radical (unpaired) electrons. The minimum absolute atomic E-state index is 0. The molecule has 7 heteroatoms. The highest BCUT2D eigenvalue weighted by Gasteiger charge is 2.14. The van der Waals surface area contributed by atoms with Crippen LogP contribution in [0.3, 0.4) is 0 Å². The summed E-state index contributed by atoms with van der Waals surface area (Å²) in [7, 11) is 1.65. The summed E-state index contributed by atoms with van der Waals surface area (Å²) in [6.07, 6.45) is 2.01. The van der Waals surface area contributed by atoms with Crippen molar-refractivity contribution in [3.63, 3.8) is 0 Å². The van der Waals surface area contributed by atoms with E-state index in [4.69, 9.17) is 19.9 Å². The lowest BCUT2D eigenvalue weighted by Crippen LogP contribution is -2.34. The fourth-order valence-electron chi connectivity index (χ4n) is 1.67. The number of nitrogens with two attached hydrogens (primary N) is 1. The van der Waals surface area contributed by atoms with Crippen LogP contribution < -0.4 is 11.1 Å². The van der Waals surface area contributed by atoms with Gasteiger partial charge in [0.1, 0.15) is 0 Å². The molecule has 0 aromatic heterocycles. The Kier molecular flexibility index (Phi) is 12.8. The third-order valence-electron chi connectivity index (χ3n) is 2.72. The maximum absolute atomic E-state index is 5.65. The second kappa shape index (κ2) is 12.9. The molecule has 0 saturated carbocycles. The molecule has 1 aliphatic rings. The van der Waals surface area contributed by atoms with Crippen LogP contribution in [0.4, 0.5) is 0 Å². The van der Waals surface area contributed by atoms with Gasteiger partial charge in [0.05, 0.1) is 19.8 Å². The van der Waals surface area contributed by atoms with E-state index in [-0.39, 0.29) is 24.0 Å². The molecular formula is C12H26IN3O3. The van der Waals surface area contributed by atoms with Gasteiger partial charge in [-0.25, -0.2) is 0 Å². The van der Waals surface area contributed by atoms with E-state index in [1.165, 1.54) is 0 Å². The molecule has 1 heterocycles. The molecule has 0 aromatic rings. The predicted octanol–water partition coefficient (Wildman–Crippen LogP) is 0.598. The molecule has 0 aromatic carbocycles. The molecule has 1 rings (SSSR count). The molecule has 6 nitrogen and oxygen atoms in total. The van der Waals surface area contributed by atoms with Crippen molar-refractivity contribution in [1.82, 2.24) is 5.32 Å². The Hall–Kier alpha value is -0.120. The quantitative estimate of drug-likeness (QED) is 0.262. The van der Waals surface area contributed by atoms with Crippen LogP contribution in [-0.4, -0.2) is 59.2 Å². The molecule has 0 bridgehead atoms. The Labute approximate surface area is 132 Å². The van der Waals surface area contributed by atoms with Crippen molar-refractivity contribution in [2.75, 3.05) is 53.2 Å². The zero-order valence-electron chi connectivity index (χ0n) is 11.6. The first-order chi connectivity index (χ1) is 8.83. The Balaban J connectivity index is 0.00000324. The fourth-order valence-corrected chi connectivity index (χ4v) is 1.67. The summed E-state index contributed by atoms with van der Waals surface area (Å²) in [6, 6.07) is 0. The van der Waals surface area contributed by atoms with E-state index >= 15 is 0 Å². The maximum Gasteiger partial charge on any atom is 0.188 e. The lowest BCUT2D eigenvalue weighted by molar-refractivity contribution is 0.0893. The number of halogens is 1. The van der Waals surface area contributed by atoms with E-state index in [2.05, 4.69) is 10.3 Å². The van der Waals surface area contributed by atoms with Gasteiger partial charge in [-0.2, -0.15) is 0 Å². The minimum atomic E-state index is 0. The smallest absolute Gasteiger partial charge is 0.188 e. The lowest BCUT2D eigenvalue weighted by Gasteiger charge is -2.08. The number of methoxy groups -OCH3 is 1. The summed E-state index contributed by atoms with van der Waals surface area (Å²) < 4.78 is 15.7. The van der Waals surface area contributed by atoms with Crippen LogP contribution in [0.2, 0.25) is 0 Å². The highest BCUT2D eigenvalue weighted by molar-refractivity contribution is 14.0. The lowest BCUT2D eigenvalue weighted by atomic mass is 10.1. The molecule has 0 amide bonds. The first-order valence-electron chi connectivity index (χ1n) is 6.51.